The topological polar surface area (TPSA) is 146 Å². The molecular formula is C32H30O10S2. The van der Waals surface area contributed by atoms with E-state index < -0.39 is 36.1 Å². The van der Waals surface area contributed by atoms with E-state index in [0.29, 0.717) is 35.2 Å². The molecule has 0 amide bonds. The minimum absolute atomic E-state index is 0.0141. The second-order valence-corrected chi connectivity index (χ2v) is 11.0. The molecule has 0 bridgehead atoms. The van der Waals surface area contributed by atoms with Gasteiger partial charge in [-0.25, -0.2) is 19.2 Å². The van der Waals surface area contributed by atoms with Gasteiger partial charge in [0.05, 0.1) is 0 Å². The minimum atomic E-state index is -1.27. The van der Waals surface area contributed by atoms with Gasteiger partial charge in [-0.15, -0.1) is 23.5 Å². The molecule has 0 heterocycles. The van der Waals surface area contributed by atoms with Crippen molar-refractivity contribution >= 4 is 47.4 Å². The van der Waals surface area contributed by atoms with Crippen LogP contribution < -0.4 is 9.47 Å². The molecule has 0 saturated heterocycles. The highest BCUT2D eigenvalue weighted by molar-refractivity contribution is 7.99. The summed E-state index contributed by atoms with van der Waals surface area (Å²) in [6.45, 7) is -0.0282. The summed E-state index contributed by atoms with van der Waals surface area (Å²) in [6, 6.07) is 25.7. The van der Waals surface area contributed by atoms with E-state index in [2.05, 4.69) is 0 Å². The molecule has 3 aromatic carbocycles. The summed E-state index contributed by atoms with van der Waals surface area (Å²) in [5, 5.41) is 17.6. The number of rotatable bonds is 18. The Labute approximate surface area is 262 Å². The summed E-state index contributed by atoms with van der Waals surface area (Å²) < 4.78 is 22.6. The fourth-order valence-corrected chi connectivity index (χ4v) is 5.15. The van der Waals surface area contributed by atoms with E-state index in [4.69, 9.17) is 29.2 Å². The average Bonchev–Trinajstić information content (AvgIpc) is 3.02. The zero-order chi connectivity index (χ0) is 31.6. The van der Waals surface area contributed by atoms with E-state index in [0.717, 1.165) is 21.9 Å². The Hall–Kier alpha value is -4.68. The highest BCUT2D eigenvalue weighted by Crippen LogP contribution is 2.24. The second kappa shape index (κ2) is 18.8. The smallest absolute Gasteiger partial charge is 0.331 e. The number of carbonyl (C=O) groups excluding carboxylic acids is 2. The summed E-state index contributed by atoms with van der Waals surface area (Å²) in [5.74, 6) is -2.59. The molecule has 2 unspecified atom stereocenters. The molecule has 0 saturated carbocycles. The van der Waals surface area contributed by atoms with Crippen molar-refractivity contribution in [3.8, 4) is 11.5 Å². The molecule has 230 valence electrons. The molecule has 0 spiro atoms. The summed E-state index contributed by atoms with van der Waals surface area (Å²) in [4.78, 5) is 47.7. The molecule has 12 heteroatoms. The summed E-state index contributed by atoms with van der Waals surface area (Å²) >= 11 is 2.91. The molecule has 10 nitrogen and oxygen atoms in total. The first-order valence-corrected chi connectivity index (χ1v) is 15.2. The van der Waals surface area contributed by atoms with Gasteiger partial charge in [-0.05, 0) is 36.4 Å². The van der Waals surface area contributed by atoms with Crippen molar-refractivity contribution in [1.29, 1.82) is 0 Å². The van der Waals surface area contributed by atoms with Crippen molar-refractivity contribution in [2.24, 2.45) is 0 Å². The molecule has 0 radical (unpaired) electrons. The van der Waals surface area contributed by atoms with Crippen LogP contribution in [-0.2, 0) is 28.7 Å². The lowest BCUT2D eigenvalue weighted by Gasteiger charge is -2.19. The highest BCUT2D eigenvalue weighted by Gasteiger charge is 2.17. The van der Waals surface area contributed by atoms with Crippen LogP contribution in [0.2, 0.25) is 0 Å². The lowest BCUT2D eigenvalue weighted by Crippen LogP contribution is -2.27. The molecule has 0 aromatic heterocycles. The van der Waals surface area contributed by atoms with E-state index in [9.17, 15) is 19.2 Å². The van der Waals surface area contributed by atoms with Crippen molar-refractivity contribution in [1.82, 2.24) is 0 Å². The van der Waals surface area contributed by atoms with Crippen LogP contribution in [0, 0.1) is 0 Å². The number of carboxylic acids is 2. The predicted molar refractivity (Wildman–Crippen MR) is 165 cm³/mol. The van der Waals surface area contributed by atoms with Gasteiger partial charge in [0.25, 0.3) is 0 Å². The molecule has 3 aromatic rings. The Morgan fingerprint density at radius 1 is 0.591 bits per heavy atom. The first-order valence-electron chi connectivity index (χ1n) is 13.2. The Morgan fingerprint density at radius 2 is 1.00 bits per heavy atom. The molecule has 2 N–H and O–H groups in total. The quantitative estimate of drug-likeness (QED) is 0.108. The molecule has 2 atom stereocenters. The van der Waals surface area contributed by atoms with Gasteiger partial charge in [-0.2, -0.15) is 0 Å². The van der Waals surface area contributed by atoms with Crippen LogP contribution in [0.15, 0.2) is 119 Å². The van der Waals surface area contributed by atoms with Gasteiger partial charge in [0.1, 0.15) is 36.9 Å². The van der Waals surface area contributed by atoms with Crippen molar-refractivity contribution < 1.29 is 48.3 Å². The van der Waals surface area contributed by atoms with Crippen molar-refractivity contribution in [3.63, 3.8) is 0 Å². The number of esters is 2. The van der Waals surface area contributed by atoms with Gasteiger partial charge in [0.15, 0.2) is 0 Å². The van der Waals surface area contributed by atoms with Gasteiger partial charge in [-0.3, -0.25) is 0 Å². The fourth-order valence-electron chi connectivity index (χ4n) is 3.36. The Balaban J connectivity index is 1.61. The Kier molecular flexibility index (Phi) is 14.4. The maximum Gasteiger partial charge on any atom is 0.331 e. The molecule has 0 fully saturated rings. The maximum atomic E-state index is 12.2. The second-order valence-electron chi connectivity index (χ2n) is 8.81. The van der Waals surface area contributed by atoms with E-state index in [1.54, 1.807) is 24.3 Å². The number of carboxylic acid groups (broad SMARTS) is 2. The van der Waals surface area contributed by atoms with Gasteiger partial charge in [0.2, 0.25) is 0 Å². The number of aliphatic carboxylic acids is 2. The van der Waals surface area contributed by atoms with Crippen molar-refractivity contribution in [2.75, 3.05) is 24.7 Å². The summed E-state index contributed by atoms with van der Waals surface area (Å²) in [5.41, 5.74) is 0. The third kappa shape index (κ3) is 14.0. The molecule has 0 aliphatic heterocycles. The van der Waals surface area contributed by atoms with E-state index in [1.165, 1.54) is 23.5 Å². The third-order valence-corrected chi connectivity index (χ3v) is 7.61. The largest absolute Gasteiger partial charge is 0.490 e. The molecule has 3 rings (SSSR count). The van der Waals surface area contributed by atoms with Gasteiger partial charge >= 0.3 is 23.9 Å². The number of thioether (sulfide) groups is 2. The fraction of sp³-hybridized carbons (Fsp3) is 0.188. The lowest BCUT2D eigenvalue weighted by molar-refractivity contribution is -0.144. The van der Waals surface area contributed by atoms with Crippen molar-refractivity contribution in [3.05, 3.63) is 109 Å². The predicted octanol–water partition coefficient (Wildman–Crippen LogP) is 5.13. The number of carbonyl (C=O) groups is 4. The van der Waals surface area contributed by atoms with Crippen LogP contribution in [-0.4, -0.2) is 71.0 Å². The summed E-state index contributed by atoms with van der Waals surface area (Å²) in [6.07, 6.45) is 1.69. The number of hydrogen-bond donors (Lipinski definition) is 2. The number of hydrogen-bond acceptors (Lipinski definition) is 10. The van der Waals surface area contributed by atoms with Crippen LogP contribution in [0.3, 0.4) is 0 Å². The van der Waals surface area contributed by atoms with Crippen LogP contribution in [0.1, 0.15) is 0 Å². The Morgan fingerprint density at radius 3 is 1.39 bits per heavy atom. The molecule has 0 aliphatic carbocycles. The first kappa shape index (κ1) is 33.8. The standard InChI is InChI=1S/C32H30O10S2/c33-29(34)14-16-31(37)41-25(21-43-27-10-3-1-4-11-27)19-39-23-8-7-9-24(18-23)40-20-26(42-32(38)17-15-30(35)36)22-44-28-12-5-2-6-13-28/h1-18,25-26H,19-22H2,(H,33,34)(H,35,36)/b16-14-,17-15-. The zero-order valence-corrected chi connectivity index (χ0v) is 25.0. The number of benzene rings is 3. The van der Waals surface area contributed by atoms with Crippen LogP contribution in [0.5, 0.6) is 11.5 Å². The zero-order valence-electron chi connectivity index (χ0n) is 23.4. The van der Waals surface area contributed by atoms with Crippen LogP contribution in [0.25, 0.3) is 0 Å². The normalized spacial score (nSPS) is 12.4. The highest BCUT2D eigenvalue weighted by atomic mass is 32.2. The molecule has 0 aliphatic rings. The van der Waals surface area contributed by atoms with E-state index in [-0.39, 0.29) is 13.2 Å². The van der Waals surface area contributed by atoms with Crippen LogP contribution in [0.4, 0.5) is 0 Å². The summed E-state index contributed by atoms with van der Waals surface area (Å²) in [7, 11) is 0. The van der Waals surface area contributed by atoms with Gasteiger partial charge < -0.3 is 29.2 Å². The lowest BCUT2D eigenvalue weighted by atomic mass is 10.3. The molecular weight excluding hydrogens is 608 g/mol. The van der Waals surface area contributed by atoms with E-state index >= 15 is 0 Å². The van der Waals surface area contributed by atoms with Crippen molar-refractivity contribution in [2.45, 2.75) is 22.0 Å². The van der Waals surface area contributed by atoms with Gasteiger partial charge in [0, 0.05) is 51.7 Å². The average molecular weight is 639 g/mol. The van der Waals surface area contributed by atoms with Crippen LogP contribution >= 0.6 is 23.5 Å². The first-order chi connectivity index (χ1) is 21.3. The van der Waals surface area contributed by atoms with Gasteiger partial charge in [-0.1, -0.05) is 42.5 Å². The maximum absolute atomic E-state index is 12.2. The SMILES string of the molecule is O=C(O)/C=C\C(=O)OC(COc1cccc(OCC(CSc2ccccc2)OC(=O)/C=C\C(=O)O)c1)CSc1ccccc1. The third-order valence-electron chi connectivity index (χ3n) is 5.33. The van der Waals surface area contributed by atoms with E-state index in [1.807, 2.05) is 60.7 Å². The molecule has 44 heavy (non-hydrogen) atoms. The monoisotopic (exact) mass is 638 g/mol. The minimum Gasteiger partial charge on any atom is -0.490 e. The Bertz CT molecular complexity index is 1320. The number of ether oxygens (including phenoxy) is 4.